The van der Waals surface area contributed by atoms with Crippen LogP contribution in [0.5, 0.6) is 5.75 Å². The van der Waals surface area contributed by atoms with Crippen molar-refractivity contribution in [1.82, 2.24) is 29.0 Å². The van der Waals surface area contributed by atoms with E-state index in [1.54, 1.807) is 16.7 Å². The molecule has 5 aromatic rings. The fourth-order valence-corrected chi connectivity index (χ4v) is 7.70. The molecule has 4 aromatic heterocycles. The third kappa shape index (κ3) is 5.38. The molecule has 16 heteroatoms. The van der Waals surface area contributed by atoms with Crippen LogP contribution in [-0.2, 0) is 17.3 Å². The normalized spacial score (nSPS) is 19.9. The van der Waals surface area contributed by atoms with Crippen LogP contribution in [0.3, 0.4) is 0 Å². The van der Waals surface area contributed by atoms with Crippen molar-refractivity contribution in [1.29, 1.82) is 0 Å². The van der Waals surface area contributed by atoms with E-state index in [-0.39, 0.29) is 22.7 Å². The summed E-state index contributed by atoms with van der Waals surface area (Å²) in [6, 6.07) is 5.78. The molecule has 6 heterocycles. The van der Waals surface area contributed by atoms with E-state index >= 15 is 0 Å². The van der Waals surface area contributed by atoms with Gasteiger partial charge in [0, 0.05) is 73.7 Å². The Kier molecular flexibility index (Phi) is 7.34. The average Bonchev–Trinajstić information content (AvgIpc) is 3.75. The summed E-state index contributed by atoms with van der Waals surface area (Å²) in [4.78, 5) is 25.9. The molecule has 2 N–H and O–H groups in total. The number of furan rings is 1. The molecule has 0 saturated carbocycles. The van der Waals surface area contributed by atoms with Gasteiger partial charge in [0.05, 0.1) is 12.0 Å². The first-order valence-corrected chi connectivity index (χ1v) is 16.2. The minimum atomic E-state index is -0.855. The lowest BCUT2D eigenvalue weighted by molar-refractivity contribution is 0.182. The van der Waals surface area contributed by atoms with E-state index in [0.717, 1.165) is 17.4 Å². The van der Waals surface area contributed by atoms with E-state index < -0.39 is 22.4 Å². The van der Waals surface area contributed by atoms with Gasteiger partial charge in [-0.2, -0.15) is 9.50 Å². The lowest BCUT2D eigenvalue weighted by atomic mass is 10.2. The Morgan fingerprint density at radius 2 is 1.86 bits per heavy atom. The van der Waals surface area contributed by atoms with Crippen molar-refractivity contribution in [2.75, 3.05) is 54.9 Å². The minimum Gasteiger partial charge on any atom is -0.487 e. The van der Waals surface area contributed by atoms with Gasteiger partial charge in [-0.25, -0.2) is 13.8 Å². The highest BCUT2D eigenvalue weighted by Gasteiger charge is 2.25. The number of rotatable bonds is 7. The van der Waals surface area contributed by atoms with E-state index in [1.807, 2.05) is 4.90 Å². The van der Waals surface area contributed by atoms with Crippen LogP contribution in [0.1, 0.15) is 12.8 Å². The van der Waals surface area contributed by atoms with Crippen LogP contribution in [0.4, 0.5) is 20.4 Å². The Morgan fingerprint density at radius 1 is 1.07 bits per heavy atom. The second-order valence-electron chi connectivity index (χ2n) is 10.5. The molecule has 0 atom stereocenters. The van der Waals surface area contributed by atoms with Crippen LogP contribution >= 0.6 is 11.3 Å². The number of halogens is 2. The molecule has 2 aliphatic heterocycles. The lowest BCUT2D eigenvalue weighted by Gasteiger charge is -2.36. The average molecular weight is 631 g/mol. The van der Waals surface area contributed by atoms with E-state index in [0.29, 0.717) is 96.9 Å². The van der Waals surface area contributed by atoms with Gasteiger partial charge in [0.25, 0.3) is 0 Å². The lowest BCUT2D eigenvalue weighted by Crippen LogP contribution is -2.47. The molecule has 1 aromatic carbocycles. The molecule has 43 heavy (non-hydrogen) atoms. The van der Waals surface area contributed by atoms with Gasteiger partial charge in [-0.15, -0.1) is 5.10 Å². The molecule has 0 bridgehead atoms. The number of benzene rings is 1. The Morgan fingerprint density at radius 3 is 2.60 bits per heavy atom. The quantitative estimate of drug-likeness (QED) is 0.286. The van der Waals surface area contributed by atoms with Gasteiger partial charge in [0.1, 0.15) is 16.6 Å². The SMILES string of the molecule is Nc1nc2c(sc(=O)n2CCN2CCN(c3cc(OC4CCS(=O)CC4)c(F)cc3F)CC2)c2nc(-c3ccco3)nn12. The molecule has 7 rings (SSSR count). The molecule has 0 spiro atoms. The van der Waals surface area contributed by atoms with Crippen LogP contribution in [0.2, 0.25) is 0 Å². The molecule has 2 aliphatic rings. The van der Waals surface area contributed by atoms with Crippen molar-refractivity contribution < 1.29 is 22.1 Å². The van der Waals surface area contributed by atoms with Crippen molar-refractivity contribution in [2.24, 2.45) is 0 Å². The highest BCUT2D eigenvalue weighted by molar-refractivity contribution is 7.85. The summed E-state index contributed by atoms with van der Waals surface area (Å²) in [5.74, 6) is 0.621. The van der Waals surface area contributed by atoms with Crippen LogP contribution in [-0.4, -0.2) is 83.6 Å². The Bertz CT molecular complexity index is 1870. The summed E-state index contributed by atoms with van der Waals surface area (Å²) in [7, 11) is -0.855. The maximum absolute atomic E-state index is 14.8. The largest absolute Gasteiger partial charge is 0.487 e. The van der Waals surface area contributed by atoms with E-state index in [9.17, 15) is 17.8 Å². The minimum absolute atomic E-state index is 0.0186. The van der Waals surface area contributed by atoms with Gasteiger partial charge in [-0.3, -0.25) is 18.5 Å². The molecule has 0 unspecified atom stereocenters. The number of nitrogens with two attached hydrogens (primary N) is 1. The molecule has 2 fully saturated rings. The topological polar surface area (TPSA) is 137 Å². The summed E-state index contributed by atoms with van der Waals surface area (Å²) in [6.45, 7) is 3.23. The maximum Gasteiger partial charge on any atom is 0.309 e. The number of piperazine rings is 1. The zero-order valence-corrected chi connectivity index (χ0v) is 24.6. The van der Waals surface area contributed by atoms with Crippen molar-refractivity contribution in [3.05, 3.63) is 51.8 Å². The molecule has 12 nitrogen and oxygen atoms in total. The number of anilines is 2. The zero-order valence-electron chi connectivity index (χ0n) is 22.9. The summed E-state index contributed by atoms with van der Waals surface area (Å²) >= 11 is 1.04. The summed E-state index contributed by atoms with van der Waals surface area (Å²) in [5, 5.41) is 4.38. The molecule has 226 valence electrons. The van der Waals surface area contributed by atoms with Gasteiger partial charge in [0.15, 0.2) is 28.6 Å². The Hall–Kier alpha value is -3.89. The van der Waals surface area contributed by atoms with Crippen LogP contribution in [0.15, 0.2) is 39.7 Å². The van der Waals surface area contributed by atoms with Gasteiger partial charge >= 0.3 is 4.87 Å². The standard InChI is InChI=1S/C27H28F2N8O4S2/c28-17-14-18(29)21(41-16-3-12-43(39)13-4-16)15-19(17)35-8-5-34(6-9-35)7-10-36-24-22(42-27(36)38)25-31-23(20-2-1-11-40-20)33-37(25)26(30)32-24/h1-2,11,14-16H,3-10,12-13H2,(H2,30,32). The van der Waals surface area contributed by atoms with Crippen molar-refractivity contribution in [3.63, 3.8) is 0 Å². The maximum atomic E-state index is 14.8. The predicted molar refractivity (Wildman–Crippen MR) is 159 cm³/mol. The summed E-state index contributed by atoms with van der Waals surface area (Å²) in [5.41, 5.74) is 7.36. The summed E-state index contributed by atoms with van der Waals surface area (Å²) < 4.78 is 55.8. The smallest absolute Gasteiger partial charge is 0.309 e. The summed E-state index contributed by atoms with van der Waals surface area (Å²) in [6.07, 6.45) is 2.46. The second-order valence-corrected chi connectivity index (χ2v) is 13.2. The number of fused-ring (bicyclic) bond motifs is 3. The molecule has 2 saturated heterocycles. The first-order chi connectivity index (χ1) is 20.8. The fraction of sp³-hybridized carbons (Fsp3) is 0.407. The van der Waals surface area contributed by atoms with Crippen molar-refractivity contribution in [2.45, 2.75) is 25.5 Å². The van der Waals surface area contributed by atoms with Gasteiger partial charge in [-0.1, -0.05) is 11.3 Å². The second kappa shape index (κ2) is 11.3. The highest BCUT2D eigenvalue weighted by atomic mass is 32.2. The van der Waals surface area contributed by atoms with Crippen molar-refractivity contribution in [3.8, 4) is 17.3 Å². The number of nitrogen functional groups attached to an aromatic ring is 1. The van der Waals surface area contributed by atoms with Crippen LogP contribution < -0.4 is 20.2 Å². The van der Waals surface area contributed by atoms with Crippen molar-refractivity contribution >= 4 is 49.8 Å². The third-order valence-corrected chi connectivity index (χ3v) is 10.2. The number of hydrogen-bond acceptors (Lipinski definition) is 11. The number of nitrogens with zero attached hydrogens (tertiary/aromatic N) is 7. The zero-order chi connectivity index (χ0) is 29.7. The first-order valence-electron chi connectivity index (χ1n) is 13.9. The van der Waals surface area contributed by atoms with Crippen LogP contribution in [0, 0.1) is 11.6 Å². The predicted octanol–water partition coefficient (Wildman–Crippen LogP) is 2.73. The number of hydrogen-bond donors (Lipinski definition) is 1. The fourth-order valence-electron chi connectivity index (χ4n) is 5.51. The van der Waals surface area contributed by atoms with E-state index in [1.165, 1.54) is 16.8 Å². The van der Waals surface area contributed by atoms with Gasteiger partial charge < -0.3 is 19.8 Å². The third-order valence-electron chi connectivity index (χ3n) is 7.84. The Labute approximate surface area is 250 Å². The number of aromatic nitrogens is 5. The monoisotopic (exact) mass is 630 g/mol. The van der Waals surface area contributed by atoms with E-state index in [4.69, 9.17) is 14.9 Å². The van der Waals surface area contributed by atoms with Crippen LogP contribution in [0.25, 0.3) is 27.6 Å². The molecule has 0 radical (unpaired) electrons. The molecule has 0 aliphatic carbocycles. The van der Waals surface area contributed by atoms with E-state index in [2.05, 4.69) is 20.0 Å². The number of thiazole rings is 1. The number of ether oxygens (including phenoxy) is 1. The van der Waals surface area contributed by atoms with Gasteiger partial charge in [0.2, 0.25) is 11.8 Å². The highest BCUT2D eigenvalue weighted by Crippen LogP contribution is 2.31. The molecular weight excluding hydrogens is 602 g/mol. The van der Waals surface area contributed by atoms with Gasteiger partial charge in [-0.05, 0) is 25.0 Å². The molecular formula is C27H28F2N8O4S2. The first kappa shape index (κ1) is 27.9. The molecule has 0 amide bonds. The Balaban J connectivity index is 1.03.